The number of hydrogen-bond donors (Lipinski definition) is 2. The second-order valence-electron chi connectivity index (χ2n) is 14.0. The molecule has 2 aliphatic heterocycles. The first-order valence-corrected chi connectivity index (χ1v) is 16.6. The lowest BCUT2D eigenvalue weighted by Crippen LogP contribution is -2.57. The maximum Gasteiger partial charge on any atom is 0.251 e. The van der Waals surface area contributed by atoms with Gasteiger partial charge < -0.3 is 25.0 Å². The van der Waals surface area contributed by atoms with Crippen molar-refractivity contribution in [2.45, 2.75) is 90.3 Å². The average Bonchev–Trinajstić information content (AvgIpc) is 3.55. The second kappa shape index (κ2) is 11.5. The highest BCUT2D eigenvalue weighted by Crippen LogP contribution is 2.47. The van der Waals surface area contributed by atoms with Crippen LogP contribution in [-0.4, -0.2) is 68.5 Å². The van der Waals surface area contributed by atoms with Gasteiger partial charge in [-0.2, -0.15) is 0 Å². The summed E-state index contributed by atoms with van der Waals surface area (Å²) in [5, 5.41) is 6.22. The molecule has 0 atom stereocenters. The van der Waals surface area contributed by atoms with Crippen LogP contribution in [0.1, 0.15) is 87.5 Å². The van der Waals surface area contributed by atoms with Gasteiger partial charge in [0.25, 0.3) is 5.91 Å². The highest BCUT2D eigenvalue weighted by molar-refractivity contribution is 6.08. The third kappa shape index (κ3) is 5.03. The van der Waals surface area contributed by atoms with Gasteiger partial charge in [-0.25, -0.2) is 9.97 Å². The van der Waals surface area contributed by atoms with Crippen LogP contribution in [0.2, 0.25) is 0 Å². The first-order chi connectivity index (χ1) is 22.1. The van der Waals surface area contributed by atoms with Crippen LogP contribution in [0, 0.1) is 6.92 Å². The number of hydrogen-bond acceptors (Lipinski definition) is 7. The van der Waals surface area contributed by atoms with Crippen LogP contribution in [0.25, 0.3) is 22.3 Å². The van der Waals surface area contributed by atoms with E-state index in [2.05, 4.69) is 40.0 Å². The lowest BCUT2D eigenvalue weighted by Gasteiger charge is -2.47. The summed E-state index contributed by atoms with van der Waals surface area (Å²) in [6.45, 7) is 12.5. The van der Waals surface area contributed by atoms with E-state index in [1.165, 1.54) is 32.4 Å². The predicted molar refractivity (Wildman–Crippen MR) is 182 cm³/mol. The molecule has 5 heterocycles. The minimum Gasteiger partial charge on any atom is -0.355 e. The molecule has 10 heteroatoms. The van der Waals surface area contributed by atoms with Crippen molar-refractivity contribution < 1.29 is 9.59 Å². The van der Waals surface area contributed by atoms with Crippen molar-refractivity contribution in [2.75, 3.05) is 30.4 Å². The number of nitrogens with one attached hydrogen (secondary N) is 2. The van der Waals surface area contributed by atoms with E-state index < -0.39 is 5.41 Å². The molecule has 0 unspecified atom stereocenters. The number of rotatable bonds is 7. The fraction of sp³-hybridized carbons (Fsp3) is 0.472. The van der Waals surface area contributed by atoms with Crippen LogP contribution in [0.4, 0.5) is 17.2 Å². The Hall–Kier alpha value is -4.31. The normalized spacial score (nSPS) is 21.0. The fourth-order valence-corrected chi connectivity index (χ4v) is 7.39. The molecule has 2 N–H and O–H groups in total. The fourth-order valence-electron chi connectivity index (χ4n) is 7.39. The Labute approximate surface area is 270 Å². The zero-order valence-corrected chi connectivity index (χ0v) is 27.7. The Kier molecular flexibility index (Phi) is 7.58. The molecule has 1 saturated heterocycles. The molecule has 46 heavy (non-hydrogen) atoms. The lowest BCUT2D eigenvalue weighted by atomic mass is 9.83. The van der Waals surface area contributed by atoms with E-state index in [0.717, 1.165) is 57.8 Å². The number of imidazole rings is 1. The Morgan fingerprint density at radius 3 is 2.50 bits per heavy atom. The highest BCUT2D eigenvalue weighted by Gasteiger charge is 2.51. The number of aryl methyl sites for hydroxylation is 1. The molecule has 1 aromatic carbocycles. The van der Waals surface area contributed by atoms with E-state index in [-0.39, 0.29) is 23.9 Å². The number of carbonyl (C=O) groups excluding carboxylic acids is 2. The number of aromatic nitrogens is 4. The minimum atomic E-state index is -0.682. The summed E-state index contributed by atoms with van der Waals surface area (Å²) in [6.07, 6.45) is 9.56. The van der Waals surface area contributed by atoms with Crippen molar-refractivity contribution in [1.29, 1.82) is 0 Å². The molecule has 1 aliphatic carbocycles. The summed E-state index contributed by atoms with van der Waals surface area (Å²) >= 11 is 0. The Balaban J connectivity index is 1.26. The van der Waals surface area contributed by atoms with E-state index in [9.17, 15) is 9.59 Å². The lowest BCUT2D eigenvalue weighted by molar-refractivity contribution is -0.123. The predicted octanol–water partition coefficient (Wildman–Crippen LogP) is 6.13. The van der Waals surface area contributed by atoms with Crippen LogP contribution >= 0.6 is 0 Å². The number of pyridine rings is 2. The molecule has 4 aromatic rings. The Bertz CT molecular complexity index is 1830. The van der Waals surface area contributed by atoms with Crippen LogP contribution < -0.4 is 15.5 Å². The molecular weight excluding hydrogens is 576 g/mol. The molecule has 3 aliphatic rings. The van der Waals surface area contributed by atoms with E-state index in [4.69, 9.17) is 15.0 Å². The molecule has 1 saturated carbocycles. The maximum absolute atomic E-state index is 13.9. The zero-order chi connectivity index (χ0) is 32.3. The van der Waals surface area contributed by atoms with Gasteiger partial charge in [-0.3, -0.25) is 14.6 Å². The molecule has 3 aromatic heterocycles. The van der Waals surface area contributed by atoms with Crippen molar-refractivity contribution in [3.8, 4) is 11.3 Å². The van der Waals surface area contributed by atoms with Crippen LogP contribution in [0.3, 0.4) is 0 Å². The number of carbonyl (C=O) groups is 2. The smallest absolute Gasteiger partial charge is 0.251 e. The third-order valence-corrected chi connectivity index (χ3v) is 10.2. The average molecular weight is 621 g/mol. The van der Waals surface area contributed by atoms with Crippen LogP contribution in [0.15, 0.2) is 42.9 Å². The summed E-state index contributed by atoms with van der Waals surface area (Å²) in [4.78, 5) is 45.9. The summed E-state index contributed by atoms with van der Waals surface area (Å²) in [6, 6.07) is 10.7. The molecular formula is C36H44N8O2. The number of anilines is 3. The molecule has 2 amide bonds. The summed E-state index contributed by atoms with van der Waals surface area (Å²) < 4.78 is 2.10. The van der Waals surface area contributed by atoms with Gasteiger partial charge in [0, 0.05) is 48.2 Å². The number of likely N-dealkylation sites (tertiary alicyclic amines) is 1. The first kappa shape index (κ1) is 30.3. The Morgan fingerprint density at radius 1 is 1.02 bits per heavy atom. The number of nitrogens with zero attached hydrogens (tertiary/aromatic N) is 6. The molecule has 240 valence electrons. The minimum absolute atomic E-state index is 0.127. The molecule has 0 spiro atoms. The molecule has 2 fully saturated rings. The third-order valence-electron chi connectivity index (χ3n) is 10.2. The summed E-state index contributed by atoms with van der Waals surface area (Å²) in [7, 11) is 1.64. The van der Waals surface area contributed by atoms with Crippen molar-refractivity contribution in [3.63, 3.8) is 0 Å². The van der Waals surface area contributed by atoms with E-state index in [0.29, 0.717) is 17.4 Å². The monoisotopic (exact) mass is 620 g/mol. The largest absolute Gasteiger partial charge is 0.355 e. The summed E-state index contributed by atoms with van der Waals surface area (Å²) in [5.74, 6) is 0.629. The number of fused-ring (bicyclic) bond motifs is 2. The maximum atomic E-state index is 13.9. The Morgan fingerprint density at radius 2 is 1.78 bits per heavy atom. The first-order valence-electron chi connectivity index (χ1n) is 16.6. The number of benzene rings is 1. The summed E-state index contributed by atoms with van der Waals surface area (Å²) in [5.41, 5.74) is 6.52. The van der Waals surface area contributed by atoms with Crippen LogP contribution in [-0.2, 0) is 10.2 Å². The van der Waals surface area contributed by atoms with Gasteiger partial charge in [0.15, 0.2) is 5.82 Å². The molecule has 0 bridgehead atoms. The van der Waals surface area contributed by atoms with Gasteiger partial charge in [0.05, 0.1) is 34.3 Å². The van der Waals surface area contributed by atoms with Gasteiger partial charge in [0.1, 0.15) is 5.52 Å². The van der Waals surface area contributed by atoms with Gasteiger partial charge in [-0.1, -0.05) is 12.5 Å². The van der Waals surface area contributed by atoms with E-state index in [1.807, 2.05) is 62.5 Å². The van der Waals surface area contributed by atoms with Crippen molar-refractivity contribution in [1.82, 2.24) is 29.7 Å². The van der Waals surface area contributed by atoms with E-state index in [1.54, 1.807) is 7.05 Å². The van der Waals surface area contributed by atoms with Gasteiger partial charge in [-0.15, -0.1) is 0 Å². The van der Waals surface area contributed by atoms with Crippen molar-refractivity contribution >= 4 is 40.0 Å². The van der Waals surface area contributed by atoms with Gasteiger partial charge in [0.2, 0.25) is 5.91 Å². The highest BCUT2D eigenvalue weighted by atomic mass is 16.2. The van der Waals surface area contributed by atoms with Crippen LogP contribution in [0.5, 0.6) is 0 Å². The topological polar surface area (TPSA) is 108 Å². The molecule has 7 rings (SSSR count). The number of piperidine rings is 1. The standard InChI is InChI=1S/C36H44N8O2/c1-21(2)43-20-39-29-18-28(41-33(31(29)43)40-24-11-10-22(3)27(15-24)34(45)37-6)23-14-30-32(38-19-23)36(4,5)35(46)44(30)26-16-25(17-26)42-12-8-7-9-13-42/h10-11,14-15,18-21,25-26H,7-9,12-13,16-17H2,1-6H3,(H,37,45)(H,40,41). The molecule has 10 nitrogen and oxygen atoms in total. The quantitative estimate of drug-likeness (QED) is 0.256. The number of amides is 2. The van der Waals surface area contributed by atoms with E-state index >= 15 is 0 Å². The second-order valence-corrected chi connectivity index (χ2v) is 14.0. The van der Waals surface area contributed by atoms with Crippen molar-refractivity contribution in [3.05, 3.63) is 59.7 Å². The SMILES string of the molecule is CNC(=O)c1cc(Nc2nc(-c3cnc4c(c3)N(C3CC(N5CCCCC5)C3)C(=O)C4(C)C)cc3ncn(C(C)C)c23)ccc1C. The van der Waals surface area contributed by atoms with Crippen molar-refractivity contribution in [2.24, 2.45) is 0 Å². The zero-order valence-electron chi connectivity index (χ0n) is 27.7. The van der Waals surface area contributed by atoms with Gasteiger partial charge in [-0.05, 0) is 103 Å². The van der Waals surface area contributed by atoms with Gasteiger partial charge >= 0.3 is 0 Å². The molecule has 0 radical (unpaired) electrons.